The summed E-state index contributed by atoms with van der Waals surface area (Å²) in [7, 11) is 0. The summed E-state index contributed by atoms with van der Waals surface area (Å²) in [6.07, 6.45) is -0.258. The molecule has 1 aromatic carbocycles. The normalized spacial score (nSPS) is 18.1. The number of aryl methyl sites for hydroxylation is 1. The smallest absolute Gasteiger partial charge is 0.258 e. The van der Waals surface area contributed by atoms with Crippen molar-refractivity contribution >= 4 is 11.6 Å². The summed E-state index contributed by atoms with van der Waals surface area (Å²) in [4.78, 5) is 14.5. The molecule has 1 aliphatic heterocycles. The molecule has 1 amide bonds. The number of nitrogens with zero attached hydrogens (tertiary/aromatic N) is 1. The summed E-state index contributed by atoms with van der Waals surface area (Å²) in [6.45, 7) is 5.93. The van der Waals surface area contributed by atoms with Crippen molar-refractivity contribution in [3.05, 3.63) is 53.5 Å². The summed E-state index contributed by atoms with van der Waals surface area (Å²) in [5.74, 6) is 1.64. The first kappa shape index (κ1) is 12.8. The van der Waals surface area contributed by atoms with Gasteiger partial charge in [0.15, 0.2) is 6.17 Å². The Hall–Kier alpha value is -2.23. The molecule has 1 N–H and O–H groups in total. The van der Waals surface area contributed by atoms with Crippen molar-refractivity contribution in [3.63, 3.8) is 0 Å². The number of fused-ring (bicyclic) bond motifs is 1. The molecule has 0 saturated heterocycles. The van der Waals surface area contributed by atoms with Crippen LogP contribution < -0.4 is 5.32 Å². The summed E-state index contributed by atoms with van der Waals surface area (Å²) >= 11 is 0. The number of hydrogen-bond donors (Lipinski definition) is 1. The van der Waals surface area contributed by atoms with Crippen LogP contribution in [0.15, 0.2) is 40.8 Å². The lowest BCUT2D eigenvalue weighted by Gasteiger charge is -2.39. The third kappa shape index (κ3) is 1.97. The molecular weight excluding hydrogens is 252 g/mol. The number of anilines is 1. The Morgan fingerprint density at radius 1 is 1.20 bits per heavy atom. The van der Waals surface area contributed by atoms with E-state index in [1.165, 1.54) is 0 Å². The fraction of sp³-hybridized carbons (Fsp3) is 0.312. The number of furan rings is 1. The van der Waals surface area contributed by atoms with Gasteiger partial charge in [-0.3, -0.25) is 4.79 Å². The topological polar surface area (TPSA) is 45.5 Å². The molecule has 2 heterocycles. The molecule has 1 atom stereocenters. The summed E-state index contributed by atoms with van der Waals surface area (Å²) in [5, 5.41) is 3.40. The maximum atomic E-state index is 12.7. The van der Waals surface area contributed by atoms with E-state index in [-0.39, 0.29) is 18.1 Å². The van der Waals surface area contributed by atoms with E-state index in [1.54, 1.807) is 0 Å². The highest BCUT2D eigenvalue weighted by molar-refractivity contribution is 6.01. The molecular formula is C16H18N2O2. The predicted molar refractivity (Wildman–Crippen MR) is 77.6 cm³/mol. The van der Waals surface area contributed by atoms with Crippen molar-refractivity contribution in [3.8, 4) is 0 Å². The highest BCUT2D eigenvalue weighted by Crippen LogP contribution is 2.34. The average Bonchev–Trinajstić information content (AvgIpc) is 2.84. The maximum absolute atomic E-state index is 12.7. The lowest BCUT2D eigenvalue weighted by Crippen LogP contribution is -2.46. The van der Waals surface area contributed by atoms with Crippen molar-refractivity contribution in [1.29, 1.82) is 0 Å². The predicted octanol–water partition coefficient (Wildman–Crippen LogP) is 3.56. The monoisotopic (exact) mass is 270 g/mol. The highest BCUT2D eigenvalue weighted by atomic mass is 16.3. The first-order valence-corrected chi connectivity index (χ1v) is 6.82. The van der Waals surface area contributed by atoms with E-state index in [9.17, 15) is 4.79 Å². The van der Waals surface area contributed by atoms with E-state index < -0.39 is 0 Å². The molecule has 0 aliphatic carbocycles. The Bertz CT molecular complexity index is 645. The number of nitrogens with one attached hydrogen (secondary N) is 1. The first-order valence-electron chi connectivity index (χ1n) is 6.82. The van der Waals surface area contributed by atoms with E-state index in [1.807, 2.05) is 62.1 Å². The van der Waals surface area contributed by atoms with Gasteiger partial charge in [-0.1, -0.05) is 12.1 Å². The lowest BCUT2D eigenvalue weighted by atomic mass is 10.0. The molecule has 104 valence electrons. The molecule has 3 rings (SSSR count). The van der Waals surface area contributed by atoms with Crippen molar-refractivity contribution < 1.29 is 9.21 Å². The second-order valence-corrected chi connectivity index (χ2v) is 5.35. The fourth-order valence-electron chi connectivity index (χ4n) is 2.61. The maximum Gasteiger partial charge on any atom is 0.258 e. The van der Waals surface area contributed by atoms with Crippen LogP contribution in [0, 0.1) is 6.92 Å². The number of para-hydroxylation sites is 1. The molecule has 0 radical (unpaired) electrons. The minimum absolute atomic E-state index is 0.0356. The van der Waals surface area contributed by atoms with Crippen LogP contribution in [-0.4, -0.2) is 16.8 Å². The Balaban J connectivity index is 2.08. The molecule has 0 fully saturated rings. The molecule has 4 nitrogen and oxygen atoms in total. The molecule has 1 unspecified atom stereocenters. The number of amides is 1. The van der Waals surface area contributed by atoms with Crippen LogP contribution in [0.25, 0.3) is 0 Å². The van der Waals surface area contributed by atoms with Crippen LogP contribution in [-0.2, 0) is 0 Å². The van der Waals surface area contributed by atoms with Gasteiger partial charge in [0.25, 0.3) is 5.91 Å². The largest absolute Gasteiger partial charge is 0.462 e. The lowest BCUT2D eigenvalue weighted by molar-refractivity contribution is 0.0591. The number of benzene rings is 1. The van der Waals surface area contributed by atoms with Gasteiger partial charge >= 0.3 is 0 Å². The number of rotatable bonds is 2. The van der Waals surface area contributed by atoms with Gasteiger partial charge in [0.2, 0.25) is 0 Å². The van der Waals surface area contributed by atoms with Gasteiger partial charge in [-0.05, 0) is 45.0 Å². The van der Waals surface area contributed by atoms with Crippen LogP contribution >= 0.6 is 0 Å². The second-order valence-electron chi connectivity index (χ2n) is 5.35. The quantitative estimate of drug-likeness (QED) is 0.907. The van der Waals surface area contributed by atoms with Crippen molar-refractivity contribution in [1.82, 2.24) is 4.90 Å². The van der Waals surface area contributed by atoms with Gasteiger partial charge in [0, 0.05) is 11.7 Å². The minimum Gasteiger partial charge on any atom is -0.462 e. The second kappa shape index (κ2) is 4.71. The first-order chi connectivity index (χ1) is 9.58. The highest BCUT2D eigenvalue weighted by Gasteiger charge is 2.35. The molecule has 1 aromatic heterocycles. The van der Waals surface area contributed by atoms with Crippen LogP contribution in [0.1, 0.15) is 41.9 Å². The number of hydrogen-bond acceptors (Lipinski definition) is 3. The van der Waals surface area contributed by atoms with Crippen molar-refractivity contribution in [2.24, 2.45) is 0 Å². The van der Waals surface area contributed by atoms with E-state index in [2.05, 4.69) is 5.32 Å². The summed E-state index contributed by atoms with van der Waals surface area (Å²) in [5.41, 5.74) is 1.56. The zero-order chi connectivity index (χ0) is 14.3. The summed E-state index contributed by atoms with van der Waals surface area (Å²) in [6, 6.07) is 11.5. The standard InChI is InChI=1S/C16H18N2O2/c1-10(2)18-15(14-9-8-11(3)20-14)17-13-7-5-4-6-12(13)16(18)19/h4-10,15,17H,1-3H3. The van der Waals surface area contributed by atoms with Crippen molar-refractivity contribution in [2.75, 3.05) is 5.32 Å². The third-order valence-electron chi connectivity index (χ3n) is 3.55. The van der Waals surface area contributed by atoms with Gasteiger partial charge in [0.05, 0.1) is 5.56 Å². The van der Waals surface area contributed by atoms with Gasteiger partial charge < -0.3 is 14.6 Å². The van der Waals surface area contributed by atoms with Crippen LogP contribution in [0.3, 0.4) is 0 Å². The zero-order valence-corrected chi connectivity index (χ0v) is 11.9. The van der Waals surface area contributed by atoms with E-state index in [4.69, 9.17) is 4.42 Å². The fourth-order valence-corrected chi connectivity index (χ4v) is 2.61. The molecule has 0 saturated carbocycles. The Morgan fingerprint density at radius 2 is 1.95 bits per heavy atom. The molecule has 1 aliphatic rings. The third-order valence-corrected chi connectivity index (χ3v) is 3.55. The minimum atomic E-state index is -0.258. The van der Waals surface area contributed by atoms with Crippen LogP contribution in [0.2, 0.25) is 0 Å². The van der Waals surface area contributed by atoms with Crippen LogP contribution in [0.4, 0.5) is 5.69 Å². The van der Waals surface area contributed by atoms with Gasteiger partial charge in [-0.25, -0.2) is 0 Å². The van der Waals surface area contributed by atoms with E-state index >= 15 is 0 Å². The average molecular weight is 270 g/mol. The Labute approximate surface area is 118 Å². The van der Waals surface area contributed by atoms with Gasteiger partial charge in [-0.15, -0.1) is 0 Å². The molecule has 0 bridgehead atoms. The number of carbonyl (C=O) groups is 1. The SMILES string of the molecule is Cc1ccc(C2Nc3ccccc3C(=O)N2C(C)C)o1. The van der Waals surface area contributed by atoms with Gasteiger partial charge in [0.1, 0.15) is 11.5 Å². The Morgan fingerprint density at radius 3 is 2.60 bits per heavy atom. The molecule has 20 heavy (non-hydrogen) atoms. The zero-order valence-electron chi connectivity index (χ0n) is 11.9. The molecule has 0 spiro atoms. The Kier molecular flexibility index (Phi) is 3.01. The van der Waals surface area contributed by atoms with Crippen molar-refractivity contribution in [2.45, 2.75) is 33.0 Å². The summed E-state index contributed by atoms with van der Waals surface area (Å²) < 4.78 is 5.71. The van der Waals surface area contributed by atoms with Gasteiger partial charge in [-0.2, -0.15) is 0 Å². The van der Waals surface area contributed by atoms with Crippen LogP contribution in [0.5, 0.6) is 0 Å². The number of carbonyl (C=O) groups excluding carboxylic acids is 1. The van der Waals surface area contributed by atoms with E-state index in [0.717, 1.165) is 17.2 Å². The molecule has 2 aromatic rings. The van der Waals surface area contributed by atoms with E-state index in [0.29, 0.717) is 5.56 Å². The molecule has 4 heteroatoms.